The van der Waals surface area contributed by atoms with Gasteiger partial charge in [-0.05, 0) is 30.6 Å². The fourth-order valence-corrected chi connectivity index (χ4v) is 1.26. The number of hydrogen-bond acceptors (Lipinski definition) is 1. The van der Waals surface area contributed by atoms with Crippen molar-refractivity contribution < 1.29 is 11.6 Å². The van der Waals surface area contributed by atoms with E-state index < -0.39 is 36.1 Å². The van der Waals surface area contributed by atoms with Gasteiger partial charge < -0.3 is 5.32 Å². The van der Waals surface area contributed by atoms with Gasteiger partial charge in [-0.2, -0.15) is 0 Å². The number of carbonyl (C=O) groups is 1. The number of para-hydroxylation sites is 1. The van der Waals surface area contributed by atoms with Gasteiger partial charge in [0.2, 0.25) is 0 Å². The van der Waals surface area contributed by atoms with Crippen LogP contribution in [0.25, 0.3) is 0 Å². The van der Waals surface area contributed by atoms with Gasteiger partial charge in [-0.25, -0.2) is 0 Å². The van der Waals surface area contributed by atoms with Crippen LogP contribution in [0.15, 0.2) is 54.5 Å². The van der Waals surface area contributed by atoms with E-state index in [4.69, 9.17) is 6.85 Å². The smallest absolute Gasteiger partial charge is 0.255 e. The zero-order valence-corrected chi connectivity index (χ0v) is 8.72. The second kappa shape index (κ2) is 4.62. The summed E-state index contributed by atoms with van der Waals surface area (Å²) in [5.74, 6) is -0.721. The van der Waals surface area contributed by atoms with Crippen LogP contribution in [0, 0.1) is 6.92 Å². The van der Waals surface area contributed by atoms with Gasteiger partial charge in [0.1, 0.15) is 0 Å². The molecule has 1 amide bonds. The minimum absolute atomic E-state index is 0.357. The number of amides is 1. The van der Waals surface area contributed by atoms with Crippen LogP contribution in [0.3, 0.4) is 0 Å². The molecular weight excluding hydrogens is 198 g/mol. The summed E-state index contributed by atoms with van der Waals surface area (Å²) < 4.78 is 38.1. The Hall–Kier alpha value is -2.09. The molecule has 0 radical (unpaired) electrons. The van der Waals surface area contributed by atoms with Crippen molar-refractivity contribution in [3.8, 4) is 0 Å². The summed E-state index contributed by atoms with van der Waals surface area (Å²) in [5.41, 5.74) is 0.997. The number of carbonyl (C=O) groups excluding carboxylic acids is 1. The maximum Gasteiger partial charge on any atom is 0.255 e. The first-order valence-electron chi connectivity index (χ1n) is 7.28. The zero-order chi connectivity index (χ0) is 15.7. The van der Waals surface area contributed by atoms with Crippen molar-refractivity contribution in [1.29, 1.82) is 0 Å². The topological polar surface area (TPSA) is 29.1 Å². The normalized spacial score (nSPS) is 14.2. The van der Waals surface area contributed by atoms with Crippen molar-refractivity contribution >= 4 is 11.6 Å². The lowest BCUT2D eigenvalue weighted by Gasteiger charge is -2.07. The number of aryl methyl sites for hydroxylation is 1. The molecule has 2 heteroatoms. The molecule has 2 nitrogen and oxygen atoms in total. The summed E-state index contributed by atoms with van der Waals surface area (Å²) in [5, 5.41) is 2.58. The van der Waals surface area contributed by atoms with Crippen molar-refractivity contribution in [2.75, 3.05) is 5.32 Å². The van der Waals surface area contributed by atoms with Gasteiger partial charge in [0, 0.05) is 11.3 Å². The highest BCUT2D eigenvalue weighted by Crippen LogP contribution is 2.14. The third-order valence-corrected chi connectivity index (χ3v) is 2.12. The number of benzene rings is 2. The molecule has 0 aromatic heterocycles. The van der Waals surface area contributed by atoms with Crippen molar-refractivity contribution in [1.82, 2.24) is 0 Å². The molecular formula is C14H13NO. The first kappa shape index (κ1) is 5.85. The first-order chi connectivity index (χ1) is 9.84. The Balaban J connectivity index is 2.48. The molecule has 1 N–H and O–H groups in total. The fraction of sp³-hybridized carbons (Fsp3) is 0.0714. The van der Waals surface area contributed by atoms with E-state index in [2.05, 4.69) is 5.32 Å². The molecule has 0 fully saturated rings. The van der Waals surface area contributed by atoms with E-state index in [0.717, 1.165) is 5.56 Å². The molecule has 0 aliphatic rings. The molecule has 0 aliphatic heterocycles. The van der Waals surface area contributed by atoms with Crippen LogP contribution in [-0.2, 0) is 0 Å². The number of rotatable bonds is 2. The van der Waals surface area contributed by atoms with E-state index >= 15 is 0 Å². The monoisotopic (exact) mass is 216 g/mol. The maximum absolute atomic E-state index is 12.2. The van der Waals surface area contributed by atoms with Crippen LogP contribution >= 0.6 is 0 Å². The highest BCUT2D eigenvalue weighted by Gasteiger charge is 2.05. The fourth-order valence-electron chi connectivity index (χ4n) is 1.26. The Morgan fingerprint density at radius 1 is 1.19 bits per heavy atom. The standard InChI is InChI=1S/C14H13NO/c1-11-7-5-6-10-13(11)15-14(16)12-8-3-2-4-9-12/h2-10H,1H3,(H,15,16)/i2D,3D,4D,8D,9D. The summed E-state index contributed by atoms with van der Waals surface area (Å²) in [4.78, 5) is 12.2. The van der Waals surface area contributed by atoms with Crippen molar-refractivity contribution in [2.45, 2.75) is 6.92 Å². The van der Waals surface area contributed by atoms with Crippen LogP contribution in [0.5, 0.6) is 0 Å². The van der Waals surface area contributed by atoms with Gasteiger partial charge in [0.25, 0.3) is 5.91 Å². The minimum atomic E-state index is -0.721. The molecule has 0 saturated heterocycles. The van der Waals surface area contributed by atoms with Gasteiger partial charge in [-0.3, -0.25) is 4.79 Å². The molecule has 0 aliphatic carbocycles. The van der Waals surface area contributed by atoms with E-state index in [9.17, 15) is 4.79 Å². The Morgan fingerprint density at radius 3 is 2.56 bits per heavy atom. The average Bonchev–Trinajstić information content (AvgIpc) is 2.46. The Bertz CT molecular complexity index is 701. The largest absolute Gasteiger partial charge is 0.322 e. The minimum Gasteiger partial charge on any atom is -0.322 e. The van der Waals surface area contributed by atoms with Crippen molar-refractivity contribution in [3.05, 3.63) is 65.6 Å². The molecule has 2 rings (SSSR count). The van der Waals surface area contributed by atoms with Crippen LogP contribution in [-0.4, -0.2) is 5.91 Å². The van der Waals surface area contributed by atoms with Gasteiger partial charge in [0.15, 0.2) is 0 Å². The molecule has 2 aromatic carbocycles. The molecule has 0 unspecified atom stereocenters. The van der Waals surface area contributed by atoms with Gasteiger partial charge in [-0.1, -0.05) is 36.3 Å². The zero-order valence-electron chi connectivity index (χ0n) is 13.7. The Morgan fingerprint density at radius 2 is 1.88 bits per heavy atom. The van der Waals surface area contributed by atoms with E-state index in [0.29, 0.717) is 5.69 Å². The molecule has 0 spiro atoms. The lowest BCUT2D eigenvalue weighted by Crippen LogP contribution is -2.12. The molecule has 0 heterocycles. The van der Waals surface area contributed by atoms with E-state index in [1.807, 2.05) is 6.07 Å². The number of anilines is 1. The maximum atomic E-state index is 12.2. The highest BCUT2D eigenvalue weighted by molar-refractivity contribution is 6.04. The summed E-state index contributed by atoms with van der Waals surface area (Å²) in [7, 11) is 0. The summed E-state index contributed by atoms with van der Waals surface area (Å²) in [6.45, 7) is 1.80. The second-order valence-electron chi connectivity index (χ2n) is 3.27. The predicted octanol–water partition coefficient (Wildman–Crippen LogP) is 3.25. The molecule has 0 atom stereocenters. The number of hydrogen-bond donors (Lipinski definition) is 1. The molecule has 80 valence electrons. The lowest BCUT2D eigenvalue weighted by atomic mass is 10.1. The lowest BCUT2D eigenvalue weighted by molar-refractivity contribution is 0.102. The van der Waals surface area contributed by atoms with E-state index in [1.165, 1.54) is 0 Å². The average molecular weight is 216 g/mol. The molecule has 0 bridgehead atoms. The Labute approximate surface area is 102 Å². The highest BCUT2D eigenvalue weighted by atomic mass is 16.1. The summed E-state index contributed by atoms with van der Waals surface area (Å²) in [6.07, 6.45) is 0. The van der Waals surface area contributed by atoms with Crippen LogP contribution < -0.4 is 5.32 Å². The first-order valence-corrected chi connectivity index (χ1v) is 4.78. The van der Waals surface area contributed by atoms with Crippen LogP contribution in [0.2, 0.25) is 0 Å². The van der Waals surface area contributed by atoms with Crippen molar-refractivity contribution in [2.24, 2.45) is 0 Å². The van der Waals surface area contributed by atoms with Gasteiger partial charge in [0.05, 0.1) is 6.85 Å². The molecule has 16 heavy (non-hydrogen) atoms. The molecule has 2 aromatic rings. The van der Waals surface area contributed by atoms with Crippen molar-refractivity contribution in [3.63, 3.8) is 0 Å². The molecule has 0 saturated carbocycles. The third kappa shape index (κ3) is 2.28. The SMILES string of the molecule is [2H]c1c([2H])c([2H])c(C(=O)Nc2ccccc2C)c([2H])c1[2H]. The van der Waals surface area contributed by atoms with Crippen LogP contribution in [0.4, 0.5) is 5.69 Å². The summed E-state index contributed by atoms with van der Waals surface area (Å²) >= 11 is 0. The van der Waals surface area contributed by atoms with E-state index in [-0.39, 0.29) is 5.56 Å². The Kier molecular flexibility index (Phi) is 1.69. The quantitative estimate of drug-likeness (QED) is 0.820. The van der Waals surface area contributed by atoms with Gasteiger partial charge >= 0.3 is 0 Å². The van der Waals surface area contributed by atoms with Crippen LogP contribution in [0.1, 0.15) is 22.8 Å². The van der Waals surface area contributed by atoms with Gasteiger partial charge in [-0.15, -0.1) is 0 Å². The third-order valence-electron chi connectivity index (χ3n) is 2.12. The number of nitrogens with one attached hydrogen (secondary N) is 1. The predicted molar refractivity (Wildman–Crippen MR) is 65.6 cm³/mol. The second-order valence-corrected chi connectivity index (χ2v) is 3.27. The summed E-state index contributed by atoms with van der Waals surface area (Å²) in [6, 6.07) is 4.47. The van der Waals surface area contributed by atoms with E-state index in [1.54, 1.807) is 25.1 Å².